The van der Waals surface area contributed by atoms with E-state index in [0.29, 0.717) is 35.6 Å². The Morgan fingerprint density at radius 2 is 2.03 bits per heavy atom. The summed E-state index contributed by atoms with van der Waals surface area (Å²) in [5, 5.41) is 11.9. The van der Waals surface area contributed by atoms with Crippen molar-refractivity contribution in [2.75, 3.05) is 13.7 Å². The van der Waals surface area contributed by atoms with Crippen molar-refractivity contribution in [2.24, 2.45) is 0 Å². The van der Waals surface area contributed by atoms with E-state index in [2.05, 4.69) is 0 Å². The van der Waals surface area contributed by atoms with Crippen molar-refractivity contribution in [3.8, 4) is 11.4 Å². The van der Waals surface area contributed by atoms with Crippen LogP contribution in [0, 0.1) is 12.7 Å². The number of nitrogens with zero attached hydrogens (tertiary/aromatic N) is 2. The van der Waals surface area contributed by atoms with Crippen LogP contribution >= 0.6 is 0 Å². The van der Waals surface area contributed by atoms with Gasteiger partial charge in [0.1, 0.15) is 12.4 Å². The van der Waals surface area contributed by atoms with Gasteiger partial charge in [-0.15, -0.1) is 0 Å². The summed E-state index contributed by atoms with van der Waals surface area (Å²) in [5.74, 6) is -1.10. The first-order chi connectivity index (χ1) is 16.3. The number of halogens is 1. The Morgan fingerprint density at radius 1 is 1.24 bits per heavy atom. The van der Waals surface area contributed by atoms with Gasteiger partial charge in [-0.05, 0) is 55.9 Å². The number of aliphatic hydroxyl groups is 1. The topological polar surface area (TPSA) is 90.7 Å². The molecule has 2 aliphatic rings. The maximum Gasteiger partial charge on any atom is 0.343 e. The molecule has 0 fully saturated rings. The highest BCUT2D eigenvalue weighted by atomic mass is 19.1. The Labute approximate surface area is 196 Å². The Bertz CT molecular complexity index is 1400. The molecular weight excluding hydrogens is 439 g/mol. The van der Waals surface area contributed by atoms with Gasteiger partial charge < -0.3 is 19.1 Å². The molecule has 1 aromatic carbocycles. The zero-order valence-electron chi connectivity index (χ0n) is 19.5. The second-order valence-corrected chi connectivity index (χ2v) is 9.09. The van der Waals surface area contributed by atoms with Crippen molar-refractivity contribution < 1.29 is 23.8 Å². The molecule has 1 N–H and O–H groups in total. The molecule has 0 aliphatic carbocycles. The van der Waals surface area contributed by atoms with Gasteiger partial charge in [-0.25, -0.2) is 14.2 Å². The number of rotatable bonds is 6. The molecule has 34 heavy (non-hydrogen) atoms. The summed E-state index contributed by atoms with van der Waals surface area (Å²) in [7, 11) is 1.67. The summed E-state index contributed by atoms with van der Waals surface area (Å²) >= 11 is 0. The van der Waals surface area contributed by atoms with Crippen molar-refractivity contribution in [3.05, 3.63) is 62.2 Å². The van der Waals surface area contributed by atoms with Crippen molar-refractivity contribution in [1.82, 2.24) is 9.55 Å². The maximum absolute atomic E-state index is 14.5. The van der Waals surface area contributed by atoms with Crippen LogP contribution in [0.4, 0.5) is 4.39 Å². The molecule has 0 saturated carbocycles. The smallest absolute Gasteiger partial charge is 0.343 e. The maximum atomic E-state index is 14.5. The molecule has 8 heteroatoms. The van der Waals surface area contributed by atoms with E-state index >= 15 is 0 Å². The van der Waals surface area contributed by atoms with Crippen molar-refractivity contribution in [2.45, 2.75) is 58.3 Å². The van der Waals surface area contributed by atoms with Crippen LogP contribution in [0.25, 0.3) is 22.3 Å². The van der Waals surface area contributed by atoms with Gasteiger partial charge in [-0.1, -0.05) is 6.92 Å². The highest BCUT2D eigenvalue weighted by molar-refractivity contribution is 5.89. The molecule has 0 saturated heterocycles. The van der Waals surface area contributed by atoms with Crippen molar-refractivity contribution >= 4 is 16.9 Å². The average molecular weight is 467 g/mol. The minimum Gasteiger partial charge on any atom is -0.458 e. The Kier molecular flexibility index (Phi) is 5.53. The molecule has 2 aliphatic heterocycles. The fourth-order valence-corrected chi connectivity index (χ4v) is 5.13. The molecule has 0 amide bonds. The van der Waals surface area contributed by atoms with Gasteiger partial charge in [-0.2, -0.15) is 0 Å². The number of pyridine rings is 2. The second kappa shape index (κ2) is 8.29. The Hall–Kier alpha value is -3.10. The van der Waals surface area contributed by atoms with Crippen LogP contribution in [0.15, 0.2) is 23.0 Å². The number of ether oxygens (including phenoxy) is 2. The zero-order valence-corrected chi connectivity index (χ0v) is 19.5. The third kappa shape index (κ3) is 3.27. The third-order valence-electron chi connectivity index (χ3n) is 7.11. The quantitative estimate of drug-likeness (QED) is 0.346. The van der Waals surface area contributed by atoms with E-state index in [1.54, 1.807) is 31.6 Å². The van der Waals surface area contributed by atoms with Crippen LogP contribution in [-0.2, 0) is 39.4 Å². The number of esters is 1. The van der Waals surface area contributed by atoms with E-state index in [0.717, 1.165) is 35.8 Å². The standard InChI is InChI=1S/C26H27FN2O5/c1-4-26(32)19-10-22-23-17(12-29(22)24(30)18(19)13-34-25(26)31)15(7-5-6-8-33-3)16-9-14(2)20(27)11-21(16)28-23/h9-11,32H,4-8,12-13H2,1-3H3/t26-/m0/s1. The normalized spacial score (nSPS) is 18.6. The SMILES string of the molecule is CC[C@@]1(O)C(=O)OCc2c1cc1n(c2=O)Cc2c-1nc1cc(F)c(C)cc1c2CCCCOC. The van der Waals surface area contributed by atoms with Gasteiger partial charge in [0.05, 0.1) is 29.0 Å². The van der Waals surface area contributed by atoms with Gasteiger partial charge in [-0.3, -0.25) is 4.79 Å². The largest absolute Gasteiger partial charge is 0.458 e. The van der Waals surface area contributed by atoms with E-state index in [9.17, 15) is 19.1 Å². The van der Waals surface area contributed by atoms with Crippen LogP contribution in [0.1, 0.15) is 54.0 Å². The van der Waals surface area contributed by atoms with Crippen LogP contribution in [0.5, 0.6) is 0 Å². The lowest BCUT2D eigenvalue weighted by molar-refractivity contribution is -0.172. The Balaban J connectivity index is 1.74. The van der Waals surface area contributed by atoms with Gasteiger partial charge >= 0.3 is 5.97 Å². The molecule has 178 valence electrons. The summed E-state index contributed by atoms with van der Waals surface area (Å²) in [6.07, 6.45) is 2.56. The fourth-order valence-electron chi connectivity index (χ4n) is 5.13. The number of methoxy groups -OCH3 is 1. The highest BCUT2D eigenvalue weighted by Gasteiger charge is 2.45. The number of carbonyl (C=O) groups excluding carboxylic acids is 1. The molecule has 0 spiro atoms. The number of aromatic nitrogens is 2. The molecule has 0 radical (unpaired) electrons. The van der Waals surface area contributed by atoms with Crippen LogP contribution < -0.4 is 5.56 Å². The van der Waals surface area contributed by atoms with Crippen LogP contribution in [0.2, 0.25) is 0 Å². The number of hydrogen-bond donors (Lipinski definition) is 1. The Morgan fingerprint density at radius 3 is 2.76 bits per heavy atom. The molecule has 2 aromatic heterocycles. The molecular formula is C26H27FN2O5. The monoisotopic (exact) mass is 466 g/mol. The number of fused-ring (bicyclic) bond motifs is 5. The average Bonchev–Trinajstić information content (AvgIpc) is 3.19. The summed E-state index contributed by atoms with van der Waals surface area (Å²) in [6, 6.07) is 4.94. The lowest BCUT2D eigenvalue weighted by Crippen LogP contribution is -2.44. The summed E-state index contributed by atoms with van der Waals surface area (Å²) < 4.78 is 26.4. The van der Waals surface area contributed by atoms with E-state index in [4.69, 9.17) is 14.5 Å². The van der Waals surface area contributed by atoms with E-state index in [-0.39, 0.29) is 35.5 Å². The first kappa shape index (κ1) is 22.7. The second-order valence-electron chi connectivity index (χ2n) is 9.09. The first-order valence-corrected chi connectivity index (χ1v) is 11.6. The molecule has 0 unspecified atom stereocenters. The number of hydrogen-bond acceptors (Lipinski definition) is 6. The van der Waals surface area contributed by atoms with Crippen LogP contribution in [-0.4, -0.2) is 34.3 Å². The summed E-state index contributed by atoms with van der Waals surface area (Å²) in [6.45, 7) is 4.20. The van der Waals surface area contributed by atoms with Crippen molar-refractivity contribution in [1.29, 1.82) is 0 Å². The van der Waals surface area contributed by atoms with E-state index in [1.807, 2.05) is 6.07 Å². The zero-order chi connectivity index (χ0) is 24.2. The predicted octanol–water partition coefficient (Wildman–Crippen LogP) is 3.50. The summed E-state index contributed by atoms with van der Waals surface area (Å²) in [5.41, 5.74) is 2.52. The van der Waals surface area contributed by atoms with Crippen molar-refractivity contribution in [3.63, 3.8) is 0 Å². The lowest BCUT2D eigenvalue weighted by Gasteiger charge is -2.31. The fraction of sp³-hybridized carbons (Fsp3) is 0.423. The lowest BCUT2D eigenvalue weighted by atomic mass is 9.86. The predicted molar refractivity (Wildman–Crippen MR) is 124 cm³/mol. The van der Waals surface area contributed by atoms with Gasteiger partial charge in [0.25, 0.3) is 5.56 Å². The number of cyclic esters (lactones) is 1. The molecule has 5 rings (SSSR count). The molecule has 0 bridgehead atoms. The van der Waals surface area contributed by atoms with Gasteiger partial charge in [0.2, 0.25) is 0 Å². The number of benzene rings is 1. The van der Waals surface area contributed by atoms with E-state index < -0.39 is 11.6 Å². The van der Waals surface area contributed by atoms with Gasteiger partial charge in [0.15, 0.2) is 5.60 Å². The molecule has 4 heterocycles. The molecule has 7 nitrogen and oxygen atoms in total. The minimum absolute atomic E-state index is 0.0783. The molecule has 1 atom stereocenters. The first-order valence-electron chi connectivity index (χ1n) is 11.6. The van der Waals surface area contributed by atoms with E-state index in [1.165, 1.54) is 6.07 Å². The number of aryl methyl sites for hydroxylation is 2. The third-order valence-corrected chi connectivity index (χ3v) is 7.11. The minimum atomic E-state index is -1.88. The molecule has 3 aromatic rings. The highest BCUT2D eigenvalue weighted by Crippen LogP contribution is 2.40. The summed E-state index contributed by atoms with van der Waals surface area (Å²) in [4.78, 5) is 30.6. The van der Waals surface area contributed by atoms with Crippen LogP contribution in [0.3, 0.4) is 0 Å². The number of carbonyl (C=O) groups is 1. The van der Waals surface area contributed by atoms with Gasteiger partial charge in [0, 0.05) is 36.3 Å². The number of unbranched alkanes of at least 4 members (excludes halogenated alkanes) is 1.